The van der Waals surface area contributed by atoms with Gasteiger partial charge in [0.25, 0.3) is 0 Å². The van der Waals surface area contributed by atoms with E-state index in [-0.39, 0.29) is 18.7 Å². The third-order valence-corrected chi connectivity index (χ3v) is 3.60. The van der Waals surface area contributed by atoms with Crippen LogP contribution in [0.2, 0.25) is 0 Å². The first-order valence-corrected chi connectivity index (χ1v) is 6.75. The first-order chi connectivity index (χ1) is 9.05. The lowest BCUT2D eigenvalue weighted by atomic mass is 9.84. The van der Waals surface area contributed by atoms with Crippen molar-refractivity contribution in [3.8, 4) is 0 Å². The first-order valence-electron chi connectivity index (χ1n) is 6.75. The normalized spacial score (nSPS) is 26.7. The van der Waals surface area contributed by atoms with Crippen LogP contribution in [-0.2, 0) is 11.3 Å². The van der Waals surface area contributed by atoms with Crippen molar-refractivity contribution < 1.29 is 14.6 Å². The minimum absolute atomic E-state index is 0.114. The Labute approximate surface area is 113 Å². The van der Waals surface area contributed by atoms with Crippen LogP contribution in [-0.4, -0.2) is 22.8 Å². The van der Waals surface area contributed by atoms with Gasteiger partial charge in [0.2, 0.25) is 0 Å². The quantitative estimate of drug-likeness (QED) is 0.881. The van der Waals surface area contributed by atoms with Gasteiger partial charge in [0.1, 0.15) is 6.61 Å². The van der Waals surface area contributed by atoms with Crippen molar-refractivity contribution in [1.82, 2.24) is 5.32 Å². The van der Waals surface area contributed by atoms with Crippen LogP contribution in [0.3, 0.4) is 0 Å². The van der Waals surface area contributed by atoms with Crippen LogP contribution < -0.4 is 5.32 Å². The summed E-state index contributed by atoms with van der Waals surface area (Å²) in [5.41, 5.74) is 0.399. The Bertz CT molecular complexity index is 407. The molecule has 0 unspecified atom stereocenters. The maximum Gasteiger partial charge on any atom is 0.407 e. The average Bonchev–Trinajstić information content (AvgIpc) is 2.40. The zero-order valence-electron chi connectivity index (χ0n) is 11.3. The molecule has 0 aliphatic heterocycles. The SMILES string of the molecule is C[C@]1(O)CC[C@@H](NC(=O)OCc2ccccc2)CC1. The van der Waals surface area contributed by atoms with Gasteiger partial charge in [-0.25, -0.2) is 4.79 Å². The van der Waals surface area contributed by atoms with Crippen molar-refractivity contribution in [3.05, 3.63) is 35.9 Å². The van der Waals surface area contributed by atoms with E-state index in [1.54, 1.807) is 0 Å². The molecule has 1 saturated carbocycles. The number of rotatable bonds is 3. The van der Waals surface area contributed by atoms with Crippen molar-refractivity contribution in [1.29, 1.82) is 0 Å². The lowest BCUT2D eigenvalue weighted by Gasteiger charge is -2.33. The first kappa shape index (κ1) is 13.9. The second-order valence-corrected chi connectivity index (χ2v) is 5.48. The number of hydrogen-bond donors (Lipinski definition) is 2. The zero-order valence-corrected chi connectivity index (χ0v) is 11.3. The predicted molar refractivity (Wildman–Crippen MR) is 72.6 cm³/mol. The number of alkyl carbamates (subject to hydrolysis) is 1. The van der Waals surface area contributed by atoms with E-state index in [4.69, 9.17) is 4.74 Å². The van der Waals surface area contributed by atoms with Crippen LogP contribution in [0.4, 0.5) is 4.79 Å². The van der Waals surface area contributed by atoms with Gasteiger partial charge in [-0.3, -0.25) is 0 Å². The number of carbonyl (C=O) groups is 1. The van der Waals surface area contributed by atoms with Gasteiger partial charge in [0.05, 0.1) is 5.60 Å². The molecule has 4 heteroatoms. The Morgan fingerprint density at radius 1 is 1.37 bits per heavy atom. The summed E-state index contributed by atoms with van der Waals surface area (Å²) in [6.07, 6.45) is 2.66. The molecule has 0 radical (unpaired) electrons. The maximum atomic E-state index is 11.7. The highest BCUT2D eigenvalue weighted by Gasteiger charge is 2.29. The molecule has 104 valence electrons. The summed E-state index contributed by atoms with van der Waals surface area (Å²) in [5.74, 6) is 0. The standard InChI is InChI=1S/C15H21NO3/c1-15(18)9-7-13(8-10-15)16-14(17)19-11-12-5-3-2-4-6-12/h2-6,13,18H,7-11H2,1H3,(H,16,17)/t13-,15+. The van der Waals surface area contributed by atoms with E-state index in [0.29, 0.717) is 0 Å². The Morgan fingerprint density at radius 2 is 2.00 bits per heavy atom. The fourth-order valence-electron chi connectivity index (χ4n) is 2.32. The summed E-state index contributed by atoms with van der Waals surface area (Å²) < 4.78 is 5.17. The van der Waals surface area contributed by atoms with Crippen LogP contribution in [0, 0.1) is 0 Å². The summed E-state index contributed by atoms with van der Waals surface area (Å²) in [7, 11) is 0. The van der Waals surface area contributed by atoms with E-state index in [9.17, 15) is 9.90 Å². The molecule has 1 aromatic carbocycles. The van der Waals surface area contributed by atoms with Crippen molar-refractivity contribution in [2.45, 2.75) is 50.9 Å². The Kier molecular flexibility index (Phi) is 4.43. The smallest absolute Gasteiger partial charge is 0.407 e. The molecule has 0 spiro atoms. The van der Waals surface area contributed by atoms with E-state index in [0.717, 1.165) is 31.2 Å². The molecule has 0 heterocycles. The Morgan fingerprint density at radius 3 is 2.63 bits per heavy atom. The number of benzene rings is 1. The van der Waals surface area contributed by atoms with E-state index in [1.807, 2.05) is 37.3 Å². The summed E-state index contributed by atoms with van der Waals surface area (Å²) in [6, 6.07) is 9.72. The molecule has 0 aromatic heterocycles. The van der Waals surface area contributed by atoms with Crippen molar-refractivity contribution in [2.24, 2.45) is 0 Å². The maximum absolute atomic E-state index is 11.7. The van der Waals surface area contributed by atoms with Crippen LogP contribution in [0.5, 0.6) is 0 Å². The fraction of sp³-hybridized carbons (Fsp3) is 0.533. The van der Waals surface area contributed by atoms with Gasteiger partial charge in [0.15, 0.2) is 0 Å². The third kappa shape index (κ3) is 4.56. The lowest BCUT2D eigenvalue weighted by molar-refractivity contribution is 0.0135. The number of nitrogens with one attached hydrogen (secondary N) is 1. The van der Waals surface area contributed by atoms with Gasteiger partial charge in [0, 0.05) is 6.04 Å². The van der Waals surface area contributed by atoms with E-state index in [2.05, 4.69) is 5.32 Å². The molecule has 4 nitrogen and oxygen atoms in total. The highest BCUT2D eigenvalue weighted by Crippen LogP contribution is 2.27. The molecule has 0 atom stereocenters. The fourth-order valence-corrected chi connectivity index (χ4v) is 2.32. The van der Waals surface area contributed by atoms with Crippen LogP contribution in [0.1, 0.15) is 38.2 Å². The molecular formula is C15H21NO3. The molecule has 19 heavy (non-hydrogen) atoms. The second-order valence-electron chi connectivity index (χ2n) is 5.48. The average molecular weight is 263 g/mol. The zero-order chi connectivity index (χ0) is 13.7. The molecule has 2 rings (SSSR count). The van der Waals surface area contributed by atoms with Gasteiger partial charge in [-0.05, 0) is 38.2 Å². The van der Waals surface area contributed by atoms with Gasteiger partial charge < -0.3 is 15.2 Å². The Hall–Kier alpha value is -1.55. The third-order valence-electron chi connectivity index (χ3n) is 3.60. The topological polar surface area (TPSA) is 58.6 Å². The van der Waals surface area contributed by atoms with Gasteiger partial charge in [-0.15, -0.1) is 0 Å². The van der Waals surface area contributed by atoms with Crippen LogP contribution >= 0.6 is 0 Å². The van der Waals surface area contributed by atoms with Crippen molar-refractivity contribution >= 4 is 6.09 Å². The number of carbonyl (C=O) groups excluding carboxylic acids is 1. The number of ether oxygens (including phenoxy) is 1. The Balaban J connectivity index is 1.70. The number of hydrogen-bond acceptors (Lipinski definition) is 3. The molecule has 0 saturated heterocycles. The monoisotopic (exact) mass is 263 g/mol. The molecule has 1 fully saturated rings. The minimum atomic E-state index is -0.577. The highest BCUT2D eigenvalue weighted by atomic mass is 16.5. The summed E-state index contributed by atoms with van der Waals surface area (Å²) in [5, 5.41) is 12.7. The number of aliphatic hydroxyl groups is 1. The summed E-state index contributed by atoms with van der Waals surface area (Å²) >= 11 is 0. The summed E-state index contributed by atoms with van der Waals surface area (Å²) in [6.45, 7) is 2.13. The molecule has 1 aliphatic rings. The minimum Gasteiger partial charge on any atom is -0.445 e. The molecule has 1 amide bonds. The molecular weight excluding hydrogens is 242 g/mol. The predicted octanol–water partition coefficient (Wildman–Crippen LogP) is 2.61. The van der Waals surface area contributed by atoms with Crippen molar-refractivity contribution in [2.75, 3.05) is 0 Å². The molecule has 1 aliphatic carbocycles. The largest absolute Gasteiger partial charge is 0.445 e. The van der Waals surface area contributed by atoms with Crippen molar-refractivity contribution in [3.63, 3.8) is 0 Å². The van der Waals surface area contributed by atoms with Crippen LogP contribution in [0.25, 0.3) is 0 Å². The lowest BCUT2D eigenvalue weighted by Crippen LogP contribution is -2.42. The van der Waals surface area contributed by atoms with E-state index < -0.39 is 5.60 Å². The second kappa shape index (κ2) is 6.06. The number of amides is 1. The van der Waals surface area contributed by atoms with Crippen LogP contribution in [0.15, 0.2) is 30.3 Å². The highest BCUT2D eigenvalue weighted by molar-refractivity contribution is 5.67. The van der Waals surface area contributed by atoms with Gasteiger partial charge in [-0.1, -0.05) is 30.3 Å². The molecule has 2 N–H and O–H groups in total. The summed E-state index contributed by atoms with van der Waals surface area (Å²) in [4.78, 5) is 11.7. The van der Waals surface area contributed by atoms with Gasteiger partial charge >= 0.3 is 6.09 Å². The van der Waals surface area contributed by atoms with Gasteiger partial charge in [-0.2, -0.15) is 0 Å². The molecule has 1 aromatic rings. The van der Waals surface area contributed by atoms with E-state index in [1.165, 1.54) is 0 Å². The molecule has 0 bridgehead atoms. The van der Waals surface area contributed by atoms with E-state index >= 15 is 0 Å².